The van der Waals surface area contributed by atoms with Gasteiger partial charge in [-0.15, -0.1) is 13.2 Å². The van der Waals surface area contributed by atoms with Gasteiger partial charge in [0.25, 0.3) is 0 Å². The highest BCUT2D eigenvalue weighted by Gasteiger charge is 2.31. The van der Waals surface area contributed by atoms with E-state index in [0.29, 0.717) is 23.7 Å². The molecule has 1 atom stereocenters. The number of aromatic nitrogens is 1. The zero-order valence-corrected chi connectivity index (χ0v) is 16.2. The Bertz CT molecular complexity index is 986. The van der Waals surface area contributed by atoms with Gasteiger partial charge in [0, 0.05) is 40.3 Å². The van der Waals surface area contributed by atoms with Gasteiger partial charge in [-0.25, -0.2) is 0 Å². The molecule has 3 aromatic rings. The fraction of sp³-hybridized carbons (Fsp3) is 0.333. The number of benzene rings is 2. The molecule has 0 saturated carbocycles. The molecule has 0 bridgehead atoms. The van der Waals surface area contributed by atoms with Gasteiger partial charge < -0.3 is 19.8 Å². The molecule has 0 spiro atoms. The second-order valence-corrected chi connectivity index (χ2v) is 7.41. The number of aromatic amines is 1. The molecule has 4 rings (SSSR count). The lowest BCUT2D eigenvalue weighted by Crippen LogP contribution is -2.29. The Morgan fingerprint density at radius 2 is 1.86 bits per heavy atom. The van der Waals surface area contributed by atoms with Gasteiger partial charge >= 0.3 is 6.36 Å². The molecule has 1 aliphatic rings. The van der Waals surface area contributed by atoms with E-state index in [0.717, 1.165) is 41.7 Å². The van der Waals surface area contributed by atoms with Gasteiger partial charge in [0.05, 0.1) is 0 Å². The number of rotatable bonds is 6. The van der Waals surface area contributed by atoms with Crippen molar-refractivity contribution in [3.63, 3.8) is 0 Å². The molecule has 0 radical (unpaired) electrons. The molecular weight excluding hydrogens is 405 g/mol. The normalized spacial score (nSPS) is 16.6. The van der Waals surface area contributed by atoms with Crippen LogP contribution in [0.4, 0.5) is 13.2 Å². The first-order valence-corrected chi connectivity index (χ1v) is 9.79. The van der Waals surface area contributed by atoms with Gasteiger partial charge in [-0.2, -0.15) is 0 Å². The number of H-pyrrole nitrogens is 1. The summed E-state index contributed by atoms with van der Waals surface area (Å²) in [6, 6.07) is 11.8. The highest BCUT2D eigenvalue weighted by atomic mass is 35.5. The average molecular weight is 425 g/mol. The molecule has 0 saturated heterocycles. The van der Waals surface area contributed by atoms with Gasteiger partial charge in [0.15, 0.2) is 0 Å². The van der Waals surface area contributed by atoms with E-state index in [4.69, 9.17) is 16.3 Å². The van der Waals surface area contributed by atoms with Crippen LogP contribution in [-0.2, 0) is 6.42 Å². The standard InChI is InChI=1S/C21H20ClF3N2O2/c22-13-4-6-14(7-5-13)28-11-10-26-18-3-1-2-17-16-9-8-15(29-21(23,24)25)12-19(16)27-20(17)18/h4-9,12,18,26-27H,1-3,10-11H2. The molecule has 29 heavy (non-hydrogen) atoms. The van der Waals surface area contributed by atoms with Gasteiger partial charge in [-0.05, 0) is 61.2 Å². The van der Waals surface area contributed by atoms with Crippen LogP contribution >= 0.6 is 11.6 Å². The molecule has 0 amide bonds. The fourth-order valence-electron chi connectivity index (χ4n) is 3.78. The first-order valence-electron chi connectivity index (χ1n) is 9.41. The lowest BCUT2D eigenvalue weighted by molar-refractivity contribution is -0.274. The number of halogens is 4. The van der Waals surface area contributed by atoms with E-state index in [2.05, 4.69) is 15.0 Å². The largest absolute Gasteiger partial charge is 0.573 e. The highest BCUT2D eigenvalue weighted by Crippen LogP contribution is 2.36. The third-order valence-corrected chi connectivity index (χ3v) is 5.24. The van der Waals surface area contributed by atoms with E-state index in [-0.39, 0.29) is 11.8 Å². The maximum absolute atomic E-state index is 12.5. The second-order valence-electron chi connectivity index (χ2n) is 6.97. The zero-order chi connectivity index (χ0) is 20.4. The van der Waals surface area contributed by atoms with Crippen LogP contribution in [0.1, 0.15) is 30.1 Å². The molecule has 2 aromatic carbocycles. The first-order chi connectivity index (χ1) is 13.9. The number of aryl methyl sites for hydroxylation is 1. The van der Waals surface area contributed by atoms with Crippen molar-refractivity contribution in [1.82, 2.24) is 10.3 Å². The maximum Gasteiger partial charge on any atom is 0.573 e. The van der Waals surface area contributed by atoms with Crippen molar-refractivity contribution in [2.24, 2.45) is 0 Å². The predicted molar refractivity (Wildman–Crippen MR) is 106 cm³/mol. The van der Waals surface area contributed by atoms with E-state index < -0.39 is 6.36 Å². The number of fused-ring (bicyclic) bond motifs is 3. The number of hydrogen-bond acceptors (Lipinski definition) is 3. The zero-order valence-electron chi connectivity index (χ0n) is 15.5. The van der Waals surface area contributed by atoms with Crippen molar-refractivity contribution in [3.8, 4) is 11.5 Å². The smallest absolute Gasteiger partial charge is 0.492 e. The summed E-state index contributed by atoms with van der Waals surface area (Å²) in [4.78, 5) is 3.29. The summed E-state index contributed by atoms with van der Waals surface area (Å²) in [5.74, 6) is 0.535. The lowest BCUT2D eigenvalue weighted by atomic mass is 9.91. The number of alkyl halides is 3. The number of ether oxygens (including phenoxy) is 2. The van der Waals surface area contributed by atoms with Crippen LogP contribution in [0.3, 0.4) is 0 Å². The Morgan fingerprint density at radius 1 is 1.10 bits per heavy atom. The third kappa shape index (κ3) is 4.79. The number of hydrogen-bond donors (Lipinski definition) is 2. The third-order valence-electron chi connectivity index (χ3n) is 4.99. The topological polar surface area (TPSA) is 46.3 Å². The predicted octanol–water partition coefficient (Wildman–Crippen LogP) is 5.77. The molecule has 1 aromatic heterocycles. The van der Waals surface area contributed by atoms with Crippen molar-refractivity contribution < 1.29 is 22.6 Å². The van der Waals surface area contributed by atoms with Crippen molar-refractivity contribution in [2.75, 3.05) is 13.2 Å². The minimum Gasteiger partial charge on any atom is -0.492 e. The molecule has 2 N–H and O–H groups in total. The summed E-state index contributed by atoms with van der Waals surface area (Å²) in [7, 11) is 0. The summed E-state index contributed by atoms with van der Waals surface area (Å²) >= 11 is 5.86. The van der Waals surface area contributed by atoms with Crippen LogP contribution in [-0.4, -0.2) is 24.5 Å². The Hall–Kier alpha value is -2.38. The van der Waals surface area contributed by atoms with Gasteiger partial charge in [-0.3, -0.25) is 0 Å². The Labute approximate surface area is 171 Å². The minimum absolute atomic E-state index is 0.104. The Balaban J connectivity index is 1.43. The highest BCUT2D eigenvalue weighted by molar-refractivity contribution is 6.30. The molecule has 0 aliphatic heterocycles. The van der Waals surface area contributed by atoms with Gasteiger partial charge in [0.2, 0.25) is 0 Å². The summed E-state index contributed by atoms with van der Waals surface area (Å²) in [6.07, 6.45) is -1.84. The molecule has 0 fully saturated rings. The van der Waals surface area contributed by atoms with Gasteiger partial charge in [0.1, 0.15) is 18.1 Å². The van der Waals surface area contributed by atoms with Crippen molar-refractivity contribution in [3.05, 3.63) is 58.7 Å². The monoisotopic (exact) mass is 424 g/mol. The second kappa shape index (κ2) is 8.16. The lowest BCUT2D eigenvalue weighted by Gasteiger charge is -2.24. The van der Waals surface area contributed by atoms with E-state index in [1.807, 2.05) is 12.1 Å². The quantitative estimate of drug-likeness (QED) is 0.494. The molecule has 4 nitrogen and oxygen atoms in total. The average Bonchev–Trinajstić information content (AvgIpc) is 3.04. The summed E-state index contributed by atoms with van der Waals surface area (Å²) in [5.41, 5.74) is 2.84. The maximum atomic E-state index is 12.5. The van der Waals surface area contributed by atoms with Crippen LogP contribution in [0.2, 0.25) is 5.02 Å². The van der Waals surface area contributed by atoms with Gasteiger partial charge in [-0.1, -0.05) is 11.6 Å². The molecule has 1 aliphatic carbocycles. The van der Waals surface area contributed by atoms with E-state index in [1.54, 1.807) is 18.2 Å². The summed E-state index contributed by atoms with van der Waals surface area (Å²) < 4.78 is 47.2. The molecule has 1 unspecified atom stereocenters. The van der Waals surface area contributed by atoms with E-state index in [1.165, 1.54) is 12.1 Å². The minimum atomic E-state index is -4.70. The van der Waals surface area contributed by atoms with E-state index in [9.17, 15) is 13.2 Å². The first kappa shape index (κ1) is 19.9. The fourth-order valence-corrected chi connectivity index (χ4v) is 3.91. The van der Waals surface area contributed by atoms with E-state index >= 15 is 0 Å². The SMILES string of the molecule is FC(F)(F)Oc1ccc2c3c([nH]c2c1)C(NCCOc1ccc(Cl)cc1)CCC3. The summed E-state index contributed by atoms with van der Waals surface area (Å²) in [6.45, 7) is 1.14. The van der Waals surface area contributed by atoms with Crippen molar-refractivity contribution in [1.29, 1.82) is 0 Å². The molecule has 8 heteroatoms. The van der Waals surface area contributed by atoms with Crippen LogP contribution in [0.5, 0.6) is 11.5 Å². The Morgan fingerprint density at radius 3 is 2.62 bits per heavy atom. The Kier molecular flexibility index (Phi) is 5.61. The van der Waals surface area contributed by atoms with Crippen LogP contribution in [0, 0.1) is 0 Å². The molecule has 154 valence electrons. The van der Waals surface area contributed by atoms with Crippen LogP contribution in [0.15, 0.2) is 42.5 Å². The van der Waals surface area contributed by atoms with Crippen LogP contribution in [0.25, 0.3) is 10.9 Å². The summed E-state index contributed by atoms with van der Waals surface area (Å²) in [5, 5.41) is 5.08. The van der Waals surface area contributed by atoms with Crippen molar-refractivity contribution in [2.45, 2.75) is 31.7 Å². The number of nitrogens with one attached hydrogen (secondary N) is 2. The van der Waals surface area contributed by atoms with Crippen molar-refractivity contribution >= 4 is 22.5 Å². The van der Waals surface area contributed by atoms with Crippen LogP contribution < -0.4 is 14.8 Å². The molecular formula is C21H20ClF3N2O2. The molecule has 1 heterocycles.